The predicted octanol–water partition coefficient (Wildman–Crippen LogP) is 2.30. The van der Waals surface area contributed by atoms with E-state index < -0.39 is 0 Å². The number of rotatable bonds is 5. The number of hydrogen-bond donors (Lipinski definition) is 2. The van der Waals surface area contributed by atoms with Crippen LogP contribution in [0, 0.1) is 6.92 Å². The Morgan fingerprint density at radius 2 is 2.25 bits per heavy atom. The zero-order valence-corrected chi connectivity index (χ0v) is 10.3. The van der Waals surface area contributed by atoms with Gasteiger partial charge in [-0.25, -0.2) is 0 Å². The van der Waals surface area contributed by atoms with Gasteiger partial charge in [0.2, 0.25) is 0 Å². The van der Waals surface area contributed by atoms with Crippen molar-refractivity contribution in [1.29, 1.82) is 0 Å². The Kier molecular flexibility index (Phi) is 3.85. The number of benzene rings is 1. The van der Waals surface area contributed by atoms with E-state index in [2.05, 4.69) is 5.32 Å². The summed E-state index contributed by atoms with van der Waals surface area (Å²) >= 11 is 5.94. The maximum atomic E-state index is 9.89. The third kappa shape index (κ3) is 3.48. The van der Waals surface area contributed by atoms with Gasteiger partial charge >= 0.3 is 0 Å². The lowest BCUT2D eigenvalue weighted by Gasteiger charge is -2.13. The monoisotopic (exact) mass is 239 g/mol. The van der Waals surface area contributed by atoms with E-state index in [0.29, 0.717) is 19.0 Å². The Bertz CT molecular complexity index is 363. The van der Waals surface area contributed by atoms with Gasteiger partial charge in [-0.2, -0.15) is 0 Å². The minimum absolute atomic E-state index is 0.322. The second kappa shape index (κ2) is 5.17. The summed E-state index contributed by atoms with van der Waals surface area (Å²) in [6, 6.07) is 6.47. The fourth-order valence-electron chi connectivity index (χ4n) is 1.78. The van der Waals surface area contributed by atoms with Crippen LogP contribution in [0.1, 0.15) is 24.0 Å². The van der Waals surface area contributed by atoms with Crippen molar-refractivity contribution in [2.75, 3.05) is 6.54 Å². The quantitative estimate of drug-likeness (QED) is 0.827. The second-order valence-electron chi connectivity index (χ2n) is 4.61. The number of hydrogen-bond acceptors (Lipinski definition) is 2. The lowest BCUT2D eigenvalue weighted by atomic mass is 10.0. The standard InChI is InChI=1S/C13H18ClNO/c1-9-2-3-11(14)6-10(9)7-13(16)8-15-12-4-5-12/h2-3,6,12-13,15-16H,4-5,7-8H2,1H3. The largest absolute Gasteiger partial charge is 0.391 e. The molecular formula is C13H18ClNO. The van der Waals surface area contributed by atoms with Gasteiger partial charge in [0.05, 0.1) is 6.10 Å². The van der Waals surface area contributed by atoms with Gasteiger partial charge in [0.15, 0.2) is 0 Å². The van der Waals surface area contributed by atoms with Gasteiger partial charge in [0.25, 0.3) is 0 Å². The molecule has 1 aliphatic rings. The first kappa shape index (κ1) is 11.9. The Labute approximate surface area is 102 Å². The highest BCUT2D eigenvalue weighted by atomic mass is 35.5. The summed E-state index contributed by atoms with van der Waals surface area (Å²) in [6.07, 6.45) is 2.86. The molecule has 1 aliphatic carbocycles. The molecule has 1 unspecified atom stereocenters. The van der Waals surface area contributed by atoms with E-state index in [1.165, 1.54) is 18.4 Å². The highest BCUT2D eigenvalue weighted by Gasteiger charge is 2.21. The molecule has 0 amide bonds. The van der Waals surface area contributed by atoms with E-state index in [9.17, 15) is 5.11 Å². The summed E-state index contributed by atoms with van der Waals surface area (Å²) in [5.41, 5.74) is 2.33. The van der Waals surface area contributed by atoms with Crippen LogP contribution in [-0.4, -0.2) is 23.8 Å². The zero-order chi connectivity index (χ0) is 11.5. The van der Waals surface area contributed by atoms with Crippen molar-refractivity contribution in [3.63, 3.8) is 0 Å². The van der Waals surface area contributed by atoms with Crippen LogP contribution in [0.3, 0.4) is 0 Å². The first-order valence-electron chi connectivity index (χ1n) is 5.81. The summed E-state index contributed by atoms with van der Waals surface area (Å²) in [5, 5.41) is 14.0. The molecule has 1 saturated carbocycles. The molecule has 3 heteroatoms. The number of aliphatic hydroxyl groups is 1. The summed E-state index contributed by atoms with van der Waals surface area (Å²) in [7, 11) is 0. The van der Waals surface area contributed by atoms with Crippen LogP contribution in [0.5, 0.6) is 0 Å². The fraction of sp³-hybridized carbons (Fsp3) is 0.538. The van der Waals surface area contributed by atoms with E-state index in [4.69, 9.17) is 11.6 Å². The molecule has 0 heterocycles. The fourth-order valence-corrected chi connectivity index (χ4v) is 1.97. The molecule has 2 rings (SSSR count). The van der Waals surface area contributed by atoms with Gasteiger partial charge in [-0.15, -0.1) is 0 Å². The molecule has 2 N–H and O–H groups in total. The van der Waals surface area contributed by atoms with Gasteiger partial charge in [0, 0.05) is 17.6 Å². The Morgan fingerprint density at radius 3 is 2.94 bits per heavy atom. The lowest BCUT2D eigenvalue weighted by molar-refractivity contribution is 0.171. The number of nitrogens with one attached hydrogen (secondary N) is 1. The van der Waals surface area contributed by atoms with Crippen molar-refractivity contribution in [3.05, 3.63) is 34.3 Å². The summed E-state index contributed by atoms with van der Waals surface area (Å²) < 4.78 is 0. The smallest absolute Gasteiger partial charge is 0.0705 e. The third-order valence-electron chi connectivity index (χ3n) is 2.99. The molecule has 0 bridgehead atoms. The van der Waals surface area contributed by atoms with Gasteiger partial charge in [0.1, 0.15) is 0 Å². The zero-order valence-electron chi connectivity index (χ0n) is 9.54. The van der Waals surface area contributed by atoms with Gasteiger partial charge in [-0.3, -0.25) is 0 Å². The van der Waals surface area contributed by atoms with E-state index in [0.717, 1.165) is 10.6 Å². The van der Waals surface area contributed by atoms with E-state index in [1.807, 2.05) is 25.1 Å². The van der Waals surface area contributed by atoms with Crippen molar-refractivity contribution in [2.24, 2.45) is 0 Å². The van der Waals surface area contributed by atoms with Crippen LogP contribution in [0.25, 0.3) is 0 Å². The minimum atomic E-state index is -0.322. The molecule has 2 nitrogen and oxygen atoms in total. The highest BCUT2D eigenvalue weighted by molar-refractivity contribution is 6.30. The second-order valence-corrected chi connectivity index (χ2v) is 5.05. The predicted molar refractivity (Wildman–Crippen MR) is 66.9 cm³/mol. The molecule has 88 valence electrons. The van der Waals surface area contributed by atoms with Crippen LogP contribution in [-0.2, 0) is 6.42 Å². The third-order valence-corrected chi connectivity index (χ3v) is 3.22. The average Bonchev–Trinajstić information content (AvgIpc) is 3.04. The molecule has 1 fully saturated rings. The lowest BCUT2D eigenvalue weighted by Crippen LogP contribution is -2.30. The summed E-state index contributed by atoms with van der Waals surface area (Å²) in [5.74, 6) is 0. The number of halogens is 1. The van der Waals surface area contributed by atoms with Crippen molar-refractivity contribution in [1.82, 2.24) is 5.32 Å². The molecule has 1 atom stereocenters. The Hall–Kier alpha value is -0.570. The maximum Gasteiger partial charge on any atom is 0.0705 e. The van der Waals surface area contributed by atoms with Crippen molar-refractivity contribution >= 4 is 11.6 Å². The minimum Gasteiger partial charge on any atom is -0.391 e. The van der Waals surface area contributed by atoms with E-state index in [1.54, 1.807) is 0 Å². The normalized spacial score (nSPS) is 17.4. The molecule has 0 spiro atoms. The van der Waals surface area contributed by atoms with Crippen LogP contribution in [0.2, 0.25) is 5.02 Å². The van der Waals surface area contributed by atoms with Crippen molar-refractivity contribution in [2.45, 2.75) is 38.3 Å². The van der Waals surface area contributed by atoms with Gasteiger partial charge in [-0.05, 0) is 49.4 Å². The molecule has 16 heavy (non-hydrogen) atoms. The maximum absolute atomic E-state index is 9.89. The SMILES string of the molecule is Cc1ccc(Cl)cc1CC(O)CNC1CC1. The summed E-state index contributed by atoms with van der Waals surface area (Å²) in [6.45, 7) is 2.73. The van der Waals surface area contributed by atoms with Crippen molar-refractivity contribution < 1.29 is 5.11 Å². The molecule has 0 aliphatic heterocycles. The first-order chi connectivity index (χ1) is 7.65. The van der Waals surface area contributed by atoms with Crippen LogP contribution in [0.4, 0.5) is 0 Å². The first-order valence-corrected chi connectivity index (χ1v) is 6.19. The molecule has 1 aromatic rings. The summed E-state index contributed by atoms with van der Waals surface area (Å²) in [4.78, 5) is 0. The number of aliphatic hydroxyl groups excluding tert-OH is 1. The molecular weight excluding hydrogens is 222 g/mol. The topological polar surface area (TPSA) is 32.3 Å². The van der Waals surface area contributed by atoms with E-state index in [-0.39, 0.29) is 6.10 Å². The number of aryl methyl sites for hydroxylation is 1. The van der Waals surface area contributed by atoms with Crippen LogP contribution >= 0.6 is 11.6 Å². The highest BCUT2D eigenvalue weighted by Crippen LogP contribution is 2.19. The molecule has 0 saturated heterocycles. The average molecular weight is 240 g/mol. The molecule has 0 radical (unpaired) electrons. The van der Waals surface area contributed by atoms with Gasteiger partial charge < -0.3 is 10.4 Å². The van der Waals surface area contributed by atoms with E-state index >= 15 is 0 Å². The Morgan fingerprint density at radius 1 is 1.50 bits per heavy atom. The molecule has 1 aromatic carbocycles. The van der Waals surface area contributed by atoms with Crippen LogP contribution < -0.4 is 5.32 Å². The van der Waals surface area contributed by atoms with Gasteiger partial charge in [-0.1, -0.05) is 17.7 Å². The van der Waals surface area contributed by atoms with Crippen LogP contribution in [0.15, 0.2) is 18.2 Å². The molecule has 0 aromatic heterocycles. The Balaban J connectivity index is 1.88. The van der Waals surface area contributed by atoms with Crippen molar-refractivity contribution in [3.8, 4) is 0 Å².